The zero-order chi connectivity index (χ0) is 43.0. The highest BCUT2D eigenvalue weighted by atomic mass is 16.6. The normalized spacial score (nSPS) is 12.4. The summed E-state index contributed by atoms with van der Waals surface area (Å²) in [5.41, 5.74) is 0. The SMILES string of the molecule is CCCCCC/C=C\CCCCCCCC(=O)OC(COC(=O)CCCCCCCCC)COC(=O)CCCCCCCC/C=C\C/C=C\C/C=C\CCCCCCC. The predicted octanol–water partition coefficient (Wildman–Crippen LogP) is 16.3. The molecule has 6 heteroatoms. The molecule has 342 valence electrons. The van der Waals surface area contributed by atoms with Crippen molar-refractivity contribution in [2.75, 3.05) is 13.2 Å². The van der Waals surface area contributed by atoms with E-state index in [2.05, 4.69) is 69.4 Å². The molecule has 0 fully saturated rings. The number of hydrogen-bond acceptors (Lipinski definition) is 6. The fraction of sp³-hybridized carbons (Fsp3) is 0.792. The maximum absolute atomic E-state index is 12.7. The Bertz CT molecular complexity index is 1040. The van der Waals surface area contributed by atoms with Crippen LogP contribution < -0.4 is 0 Å². The average Bonchev–Trinajstić information content (AvgIpc) is 3.23. The second-order valence-electron chi connectivity index (χ2n) is 16.7. The zero-order valence-electron chi connectivity index (χ0n) is 39.0. The molecule has 1 atom stereocenters. The van der Waals surface area contributed by atoms with Gasteiger partial charge in [0.15, 0.2) is 6.10 Å². The van der Waals surface area contributed by atoms with Crippen molar-refractivity contribution < 1.29 is 28.6 Å². The number of carbonyl (C=O) groups excluding carboxylic acids is 3. The van der Waals surface area contributed by atoms with Crippen LogP contribution in [0.5, 0.6) is 0 Å². The molecule has 0 radical (unpaired) electrons. The van der Waals surface area contributed by atoms with Crippen molar-refractivity contribution >= 4 is 17.9 Å². The Kier molecular flexibility index (Phi) is 45.9. The van der Waals surface area contributed by atoms with Crippen LogP contribution in [0.15, 0.2) is 48.6 Å². The van der Waals surface area contributed by atoms with E-state index in [9.17, 15) is 14.4 Å². The Morgan fingerprint density at radius 1 is 0.339 bits per heavy atom. The van der Waals surface area contributed by atoms with Gasteiger partial charge < -0.3 is 14.2 Å². The molecule has 0 aromatic carbocycles. The minimum atomic E-state index is -0.778. The lowest BCUT2D eigenvalue weighted by molar-refractivity contribution is -0.167. The highest BCUT2D eigenvalue weighted by Gasteiger charge is 2.19. The number of unbranched alkanes of at least 4 members (excludes halogenated alkanes) is 26. The van der Waals surface area contributed by atoms with E-state index in [1.54, 1.807) is 0 Å². The summed E-state index contributed by atoms with van der Waals surface area (Å²) in [7, 11) is 0. The minimum absolute atomic E-state index is 0.0800. The first kappa shape index (κ1) is 56.4. The van der Waals surface area contributed by atoms with Crippen molar-refractivity contribution in [3.8, 4) is 0 Å². The Hall–Kier alpha value is -2.63. The quantitative estimate of drug-likeness (QED) is 0.0263. The lowest BCUT2D eigenvalue weighted by Gasteiger charge is -2.18. The highest BCUT2D eigenvalue weighted by molar-refractivity contribution is 5.71. The second kappa shape index (κ2) is 48.0. The Labute approximate surface area is 365 Å². The number of esters is 3. The van der Waals surface area contributed by atoms with Crippen LogP contribution in [0.4, 0.5) is 0 Å². The van der Waals surface area contributed by atoms with E-state index < -0.39 is 6.10 Å². The van der Waals surface area contributed by atoms with Crippen LogP contribution in [0.3, 0.4) is 0 Å². The number of allylic oxidation sites excluding steroid dienone is 8. The molecule has 0 aliphatic heterocycles. The van der Waals surface area contributed by atoms with Gasteiger partial charge in [-0.05, 0) is 83.5 Å². The molecule has 0 heterocycles. The van der Waals surface area contributed by atoms with E-state index >= 15 is 0 Å². The number of rotatable bonds is 45. The standard InChI is InChI=1S/C53H94O6/c1-4-7-10-13-16-18-20-22-23-24-25-26-27-28-29-31-32-34-37-40-43-46-52(55)58-49-50(48-57-51(54)45-42-39-36-15-12-9-6-3)59-53(56)47-44-41-38-35-33-30-21-19-17-14-11-8-5-2/h19-22,24-25,27-28,50H,4-18,23,26,29-49H2,1-3H3/b21-19-,22-20-,25-24-,28-27-. The fourth-order valence-corrected chi connectivity index (χ4v) is 6.97. The maximum atomic E-state index is 12.7. The first-order valence-corrected chi connectivity index (χ1v) is 25.1. The summed E-state index contributed by atoms with van der Waals surface area (Å²) in [5, 5.41) is 0. The van der Waals surface area contributed by atoms with Gasteiger partial charge in [0.2, 0.25) is 0 Å². The number of hydrogen-bond donors (Lipinski definition) is 0. The van der Waals surface area contributed by atoms with Gasteiger partial charge in [-0.1, -0.05) is 198 Å². The van der Waals surface area contributed by atoms with Crippen molar-refractivity contribution in [1.82, 2.24) is 0 Å². The van der Waals surface area contributed by atoms with E-state index in [0.717, 1.165) is 89.9 Å². The van der Waals surface area contributed by atoms with Crippen LogP contribution in [-0.4, -0.2) is 37.2 Å². The lowest BCUT2D eigenvalue weighted by atomic mass is 10.1. The van der Waals surface area contributed by atoms with Gasteiger partial charge in [-0.2, -0.15) is 0 Å². The largest absolute Gasteiger partial charge is 0.462 e. The second-order valence-corrected chi connectivity index (χ2v) is 16.7. The van der Waals surface area contributed by atoms with E-state index in [1.807, 2.05) is 0 Å². The molecule has 0 saturated carbocycles. The maximum Gasteiger partial charge on any atom is 0.306 e. The molecule has 0 bridgehead atoms. The average molecular weight is 827 g/mol. The van der Waals surface area contributed by atoms with Gasteiger partial charge in [0.05, 0.1) is 0 Å². The van der Waals surface area contributed by atoms with Crippen LogP contribution in [0, 0.1) is 0 Å². The fourth-order valence-electron chi connectivity index (χ4n) is 6.97. The predicted molar refractivity (Wildman–Crippen MR) is 252 cm³/mol. The van der Waals surface area contributed by atoms with E-state index in [4.69, 9.17) is 14.2 Å². The molecule has 0 aromatic heterocycles. The van der Waals surface area contributed by atoms with Gasteiger partial charge >= 0.3 is 17.9 Å². The molecule has 0 N–H and O–H groups in total. The summed E-state index contributed by atoms with van der Waals surface area (Å²) < 4.78 is 16.7. The van der Waals surface area contributed by atoms with Crippen LogP contribution >= 0.6 is 0 Å². The first-order valence-electron chi connectivity index (χ1n) is 25.1. The third-order valence-corrected chi connectivity index (χ3v) is 10.8. The van der Waals surface area contributed by atoms with E-state index in [0.29, 0.717) is 19.3 Å². The molecule has 1 unspecified atom stereocenters. The van der Waals surface area contributed by atoms with Gasteiger partial charge in [-0.25, -0.2) is 0 Å². The Morgan fingerprint density at radius 3 is 0.983 bits per heavy atom. The summed E-state index contributed by atoms with van der Waals surface area (Å²) in [6.07, 6.45) is 56.8. The van der Waals surface area contributed by atoms with Gasteiger partial charge in [-0.3, -0.25) is 14.4 Å². The van der Waals surface area contributed by atoms with E-state index in [-0.39, 0.29) is 31.1 Å². The Morgan fingerprint density at radius 2 is 0.610 bits per heavy atom. The van der Waals surface area contributed by atoms with Crippen molar-refractivity contribution in [3.63, 3.8) is 0 Å². The van der Waals surface area contributed by atoms with Gasteiger partial charge in [0.1, 0.15) is 13.2 Å². The molecule has 0 amide bonds. The highest BCUT2D eigenvalue weighted by Crippen LogP contribution is 2.14. The van der Waals surface area contributed by atoms with E-state index in [1.165, 1.54) is 122 Å². The number of ether oxygens (including phenoxy) is 3. The Balaban J connectivity index is 4.26. The molecule has 0 saturated heterocycles. The molecule has 0 aliphatic rings. The van der Waals surface area contributed by atoms with Crippen LogP contribution in [0.2, 0.25) is 0 Å². The number of carbonyl (C=O) groups is 3. The minimum Gasteiger partial charge on any atom is -0.462 e. The van der Waals surface area contributed by atoms with Crippen molar-refractivity contribution in [1.29, 1.82) is 0 Å². The molecule has 6 nitrogen and oxygen atoms in total. The molecular weight excluding hydrogens is 733 g/mol. The molecule has 0 rings (SSSR count). The monoisotopic (exact) mass is 827 g/mol. The molecule has 59 heavy (non-hydrogen) atoms. The van der Waals surface area contributed by atoms with Crippen molar-refractivity contribution in [3.05, 3.63) is 48.6 Å². The molecular formula is C53H94O6. The summed E-state index contributed by atoms with van der Waals surface area (Å²) in [6.45, 7) is 6.55. The first-order chi connectivity index (χ1) is 29.0. The summed E-state index contributed by atoms with van der Waals surface area (Å²) in [4.78, 5) is 37.7. The summed E-state index contributed by atoms with van der Waals surface area (Å²) >= 11 is 0. The lowest BCUT2D eigenvalue weighted by Crippen LogP contribution is -2.30. The van der Waals surface area contributed by atoms with Gasteiger partial charge in [0, 0.05) is 19.3 Å². The summed E-state index contributed by atoms with van der Waals surface area (Å²) in [6, 6.07) is 0. The van der Waals surface area contributed by atoms with Crippen LogP contribution in [-0.2, 0) is 28.6 Å². The third-order valence-electron chi connectivity index (χ3n) is 10.8. The zero-order valence-corrected chi connectivity index (χ0v) is 39.0. The van der Waals surface area contributed by atoms with Gasteiger partial charge in [-0.15, -0.1) is 0 Å². The van der Waals surface area contributed by atoms with Crippen molar-refractivity contribution in [2.45, 2.75) is 258 Å². The van der Waals surface area contributed by atoms with Crippen LogP contribution in [0.25, 0.3) is 0 Å². The smallest absolute Gasteiger partial charge is 0.306 e. The molecule has 0 spiro atoms. The third kappa shape index (κ3) is 46.3. The van der Waals surface area contributed by atoms with Crippen LogP contribution in [0.1, 0.15) is 252 Å². The van der Waals surface area contributed by atoms with Crippen molar-refractivity contribution in [2.24, 2.45) is 0 Å². The molecule has 0 aliphatic carbocycles. The summed E-state index contributed by atoms with van der Waals surface area (Å²) in [5.74, 6) is -0.905. The topological polar surface area (TPSA) is 78.9 Å². The van der Waals surface area contributed by atoms with Gasteiger partial charge in [0.25, 0.3) is 0 Å². The molecule has 0 aromatic rings.